The molecule has 2 heterocycles. The van der Waals surface area contributed by atoms with Crippen LogP contribution in [0.3, 0.4) is 0 Å². The summed E-state index contributed by atoms with van der Waals surface area (Å²) in [4.78, 5) is 2.25. The normalized spacial score (nSPS) is 17.7. The minimum absolute atomic E-state index is 0.797. The lowest BCUT2D eigenvalue weighted by Gasteiger charge is -2.27. The number of benzene rings is 1. The standard InChI is InChI=1S/C20H22N4/c1-5-7-11-15-14-23(3)18-13-9-8-12-17(18)19-20(16(15)10-6-2)24(4)22-21-19/h5-13H,2,14H2,1,3-4H3/b7-5-,15-11-,16-10?. The Morgan fingerprint density at radius 2 is 1.96 bits per heavy atom. The van der Waals surface area contributed by atoms with E-state index in [0.29, 0.717) is 0 Å². The Bertz CT molecular complexity index is 852. The van der Waals surface area contributed by atoms with E-state index in [1.807, 2.05) is 42.9 Å². The molecule has 4 nitrogen and oxygen atoms in total. The van der Waals surface area contributed by atoms with E-state index in [2.05, 4.69) is 59.2 Å². The number of fused-ring (bicyclic) bond motifs is 3. The molecule has 0 amide bonds. The third-order valence-electron chi connectivity index (χ3n) is 4.18. The van der Waals surface area contributed by atoms with Crippen molar-refractivity contribution >= 4 is 11.3 Å². The number of rotatable bonds is 2. The highest BCUT2D eigenvalue weighted by molar-refractivity contribution is 5.91. The number of aryl methyl sites for hydroxylation is 1. The lowest BCUT2D eigenvalue weighted by atomic mass is 9.93. The summed E-state index contributed by atoms with van der Waals surface area (Å²) in [6.07, 6.45) is 10.1. The molecule has 0 saturated heterocycles. The molecule has 3 rings (SSSR count). The van der Waals surface area contributed by atoms with Crippen LogP contribution in [0.25, 0.3) is 16.8 Å². The lowest BCUT2D eigenvalue weighted by Crippen LogP contribution is -2.23. The summed E-state index contributed by atoms with van der Waals surface area (Å²) in [6, 6.07) is 8.33. The first-order chi connectivity index (χ1) is 11.7. The molecule has 0 N–H and O–H groups in total. The maximum Gasteiger partial charge on any atom is 0.123 e. The molecular formula is C20H22N4. The van der Waals surface area contributed by atoms with Crippen LogP contribution in [0.1, 0.15) is 12.6 Å². The van der Waals surface area contributed by atoms with E-state index in [0.717, 1.165) is 34.8 Å². The molecule has 1 aromatic heterocycles. The molecular weight excluding hydrogens is 296 g/mol. The molecule has 24 heavy (non-hydrogen) atoms. The largest absolute Gasteiger partial charge is 0.370 e. The van der Waals surface area contributed by atoms with Gasteiger partial charge in [-0.3, -0.25) is 0 Å². The van der Waals surface area contributed by atoms with Crippen LogP contribution < -0.4 is 4.90 Å². The van der Waals surface area contributed by atoms with Crippen LogP contribution in [-0.4, -0.2) is 28.6 Å². The molecule has 0 aliphatic carbocycles. The molecule has 0 unspecified atom stereocenters. The summed E-state index contributed by atoms with van der Waals surface area (Å²) in [5.41, 5.74) is 6.49. The van der Waals surface area contributed by atoms with Crippen molar-refractivity contribution in [3.63, 3.8) is 0 Å². The van der Waals surface area contributed by atoms with Crippen LogP contribution in [0.2, 0.25) is 0 Å². The van der Waals surface area contributed by atoms with Gasteiger partial charge in [-0.15, -0.1) is 5.10 Å². The summed E-state index contributed by atoms with van der Waals surface area (Å²) < 4.78 is 1.84. The summed E-state index contributed by atoms with van der Waals surface area (Å²) in [5, 5.41) is 8.73. The number of aromatic nitrogens is 3. The predicted molar refractivity (Wildman–Crippen MR) is 101 cm³/mol. The van der Waals surface area contributed by atoms with Gasteiger partial charge in [0, 0.05) is 37.5 Å². The van der Waals surface area contributed by atoms with Gasteiger partial charge in [0.15, 0.2) is 0 Å². The summed E-state index contributed by atoms with van der Waals surface area (Å²) >= 11 is 0. The lowest BCUT2D eigenvalue weighted by molar-refractivity contribution is 0.707. The van der Waals surface area contributed by atoms with Gasteiger partial charge in [0.25, 0.3) is 0 Å². The van der Waals surface area contributed by atoms with E-state index in [1.165, 1.54) is 5.57 Å². The zero-order chi connectivity index (χ0) is 17.1. The number of anilines is 1. The molecule has 1 aliphatic rings. The Balaban J connectivity index is 2.34. The first kappa shape index (κ1) is 16.0. The summed E-state index contributed by atoms with van der Waals surface area (Å²) in [7, 11) is 4.04. The average Bonchev–Trinajstić information content (AvgIpc) is 2.96. The van der Waals surface area contributed by atoms with E-state index in [9.17, 15) is 0 Å². The van der Waals surface area contributed by atoms with Crippen molar-refractivity contribution in [3.05, 3.63) is 72.5 Å². The van der Waals surface area contributed by atoms with Gasteiger partial charge in [-0.2, -0.15) is 0 Å². The third kappa shape index (κ3) is 2.71. The molecule has 1 aliphatic heterocycles. The van der Waals surface area contributed by atoms with Crippen molar-refractivity contribution in [2.45, 2.75) is 6.92 Å². The molecule has 0 spiro atoms. The Morgan fingerprint density at radius 1 is 1.17 bits per heavy atom. The minimum atomic E-state index is 0.797. The Kier molecular flexibility index (Phi) is 4.47. The summed E-state index contributed by atoms with van der Waals surface area (Å²) in [5.74, 6) is 0. The third-order valence-corrected chi connectivity index (χ3v) is 4.18. The van der Waals surface area contributed by atoms with Gasteiger partial charge >= 0.3 is 0 Å². The molecule has 0 saturated carbocycles. The highest BCUT2D eigenvalue weighted by atomic mass is 15.4. The fourth-order valence-electron chi connectivity index (χ4n) is 3.08. The number of allylic oxidation sites excluding steroid dienone is 5. The van der Waals surface area contributed by atoms with Gasteiger partial charge in [0.05, 0.1) is 5.69 Å². The zero-order valence-electron chi connectivity index (χ0n) is 14.4. The summed E-state index contributed by atoms with van der Waals surface area (Å²) in [6.45, 7) is 6.71. The monoisotopic (exact) mass is 318 g/mol. The van der Waals surface area contributed by atoms with Crippen LogP contribution in [0, 0.1) is 0 Å². The number of hydrogen-bond donors (Lipinski definition) is 0. The molecule has 0 atom stereocenters. The van der Waals surface area contributed by atoms with E-state index < -0.39 is 0 Å². The molecule has 122 valence electrons. The zero-order valence-corrected chi connectivity index (χ0v) is 14.4. The second-order valence-corrected chi connectivity index (χ2v) is 5.82. The molecule has 0 radical (unpaired) electrons. The van der Waals surface area contributed by atoms with Gasteiger partial charge < -0.3 is 4.90 Å². The Labute approximate surface area is 143 Å². The van der Waals surface area contributed by atoms with Crippen molar-refractivity contribution < 1.29 is 0 Å². The van der Waals surface area contributed by atoms with Crippen molar-refractivity contribution in [3.8, 4) is 11.3 Å². The minimum Gasteiger partial charge on any atom is -0.370 e. The van der Waals surface area contributed by atoms with E-state index in [1.54, 1.807) is 0 Å². The van der Waals surface area contributed by atoms with E-state index in [-0.39, 0.29) is 0 Å². The van der Waals surface area contributed by atoms with Crippen LogP contribution in [-0.2, 0) is 7.05 Å². The smallest absolute Gasteiger partial charge is 0.123 e. The first-order valence-corrected chi connectivity index (χ1v) is 8.03. The van der Waals surface area contributed by atoms with Gasteiger partial charge in [-0.05, 0) is 18.6 Å². The Morgan fingerprint density at radius 3 is 2.71 bits per heavy atom. The predicted octanol–water partition coefficient (Wildman–Crippen LogP) is 4.00. The van der Waals surface area contributed by atoms with Crippen LogP contribution in [0.4, 0.5) is 5.69 Å². The average molecular weight is 318 g/mol. The van der Waals surface area contributed by atoms with Gasteiger partial charge in [-0.1, -0.05) is 60.4 Å². The van der Waals surface area contributed by atoms with Crippen molar-refractivity contribution in [1.82, 2.24) is 15.0 Å². The van der Waals surface area contributed by atoms with Crippen molar-refractivity contribution in [1.29, 1.82) is 0 Å². The Hall–Kier alpha value is -2.88. The molecule has 2 aromatic rings. The maximum absolute atomic E-state index is 4.45. The van der Waals surface area contributed by atoms with E-state index in [4.69, 9.17) is 0 Å². The number of nitrogens with zero attached hydrogens (tertiary/aromatic N) is 4. The highest BCUT2D eigenvalue weighted by Gasteiger charge is 2.25. The molecule has 0 fully saturated rings. The van der Waals surface area contributed by atoms with E-state index >= 15 is 0 Å². The van der Waals surface area contributed by atoms with Crippen LogP contribution in [0.5, 0.6) is 0 Å². The van der Waals surface area contributed by atoms with Crippen molar-refractivity contribution in [2.24, 2.45) is 7.05 Å². The first-order valence-electron chi connectivity index (χ1n) is 8.03. The fourth-order valence-corrected chi connectivity index (χ4v) is 3.08. The quantitative estimate of drug-likeness (QED) is 0.839. The molecule has 4 heteroatoms. The number of likely N-dealkylation sites (N-methyl/N-ethyl adjacent to an activating group) is 1. The van der Waals surface area contributed by atoms with Gasteiger partial charge in [0.1, 0.15) is 5.69 Å². The molecule has 1 aromatic carbocycles. The highest BCUT2D eigenvalue weighted by Crippen LogP contribution is 2.39. The van der Waals surface area contributed by atoms with Gasteiger partial charge in [-0.25, -0.2) is 4.68 Å². The number of para-hydroxylation sites is 1. The van der Waals surface area contributed by atoms with Crippen LogP contribution >= 0.6 is 0 Å². The van der Waals surface area contributed by atoms with Gasteiger partial charge in [0.2, 0.25) is 0 Å². The maximum atomic E-state index is 4.45. The van der Waals surface area contributed by atoms with Crippen LogP contribution in [0.15, 0.2) is 66.8 Å². The fraction of sp³-hybridized carbons (Fsp3) is 0.200. The van der Waals surface area contributed by atoms with Crippen molar-refractivity contribution in [2.75, 3.05) is 18.5 Å². The second kappa shape index (κ2) is 6.71. The SMILES string of the molecule is C=CC=C1/C(=C\C=C/C)CN(C)c2ccccc2-c2nnn(C)c21. The second-order valence-electron chi connectivity index (χ2n) is 5.82. The number of hydrogen-bond acceptors (Lipinski definition) is 3. The topological polar surface area (TPSA) is 34.0 Å². The molecule has 0 bridgehead atoms.